The second-order valence-electron chi connectivity index (χ2n) is 4.03. The summed E-state index contributed by atoms with van der Waals surface area (Å²) in [5, 5.41) is 6.47. The number of benzene rings is 1. The van der Waals surface area contributed by atoms with Crippen molar-refractivity contribution in [1.29, 1.82) is 0 Å². The molecule has 2 aromatic rings. The molecule has 8 heteroatoms. The van der Waals surface area contributed by atoms with Crippen LogP contribution >= 0.6 is 0 Å². The summed E-state index contributed by atoms with van der Waals surface area (Å²) in [6.45, 7) is 1.68. The molecule has 0 radical (unpaired) electrons. The van der Waals surface area contributed by atoms with E-state index < -0.39 is 15.8 Å². The summed E-state index contributed by atoms with van der Waals surface area (Å²) in [5.74, 6) is 0.145. The Hall–Kier alpha value is -1.80. The van der Waals surface area contributed by atoms with E-state index in [1.807, 2.05) is 0 Å². The van der Waals surface area contributed by atoms with Gasteiger partial charge in [-0.25, -0.2) is 17.8 Å². The molecule has 0 aliphatic heterocycles. The van der Waals surface area contributed by atoms with E-state index in [2.05, 4.69) is 15.2 Å². The van der Waals surface area contributed by atoms with Crippen LogP contribution in [-0.2, 0) is 16.6 Å². The van der Waals surface area contributed by atoms with Crippen LogP contribution in [0.3, 0.4) is 0 Å². The maximum atomic E-state index is 13.5. The van der Waals surface area contributed by atoms with E-state index in [0.29, 0.717) is 11.6 Å². The molecule has 0 saturated heterocycles. The Morgan fingerprint density at radius 2 is 2.05 bits per heavy atom. The number of aromatic amines is 1. The second-order valence-corrected chi connectivity index (χ2v) is 6.04. The van der Waals surface area contributed by atoms with Gasteiger partial charge in [0.1, 0.15) is 16.5 Å². The van der Waals surface area contributed by atoms with Crippen molar-refractivity contribution in [2.24, 2.45) is 0 Å². The van der Waals surface area contributed by atoms with Crippen LogP contribution in [0.2, 0.25) is 0 Å². The molecule has 0 aliphatic carbocycles. The molecule has 2 rings (SSSR count). The van der Waals surface area contributed by atoms with Crippen molar-refractivity contribution in [2.75, 3.05) is 7.05 Å². The van der Waals surface area contributed by atoms with Crippen LogP contribution in [-0.4, -0.2) is 35.0 Å². The van der Waals surface area contributed by atoms with Gasteiger partial charge in [-0.15, -0.1) is 0 Å². The molecular formula is C11H13FN4O2S. The molecule has 0 spiro atoms. The van der Waals surface area contributed by atoms with Gasteiger partial charge >= 0.3 is 0 Å². The Morgan fingerprint density at radius 3 is 2.63 bits per heavy atom. The second kappa shape index (κ2) is 5.06. The summed E-state index contributed by atoms with van der Waals surface area (Å²) in [7, 11) is -2.54. The third kappa shape index (κ3) is 2.79. The van der Waals surface area contributed by atoms with Gasteiger partial charge in [0, 0.05) is 7.05 Å². The standard InChI is InChI=1S/C11H13FN4O2S/c1-8-13-11(15-14-8)7-16(2)19(17,18)10-6-4-3-5-9(10)12/h3-6H,7H2,1-2H3,(H,13,14,15). The molecule has 0 saturated carbocycles. The summed E-state index contributed by atoms with van der Waals surface area (Å²) in [5.41, 5.74) is 0. The normalized spacial score (nSPS) is 12.0. The lowest BCUT2D eigenvalue weighted by Crippen LogP contribution is -2.27. The fraction of sp³-hybridized carbons (Fsp3) is 0.273. The van der Waals surface area contributed by atoms with Gasteiger partial charge in [-0.1, -0.05) is 12.1 Å². The molecule has 19 heavy (non-hydrogen) atoms. The lowest BCUT2D eigenvalue weighted by molar-refractivity contribution is 0.451. The lowest BCUT2D eigenvalue weighted by atomic mass is 10.4. The lowest BCUT2D eigenvalue weighted by Gasteiger charge is -2.15. The van der Waals surface area contributed by atoms with Crippen molar-refractivity contribution >= 4 is 10.0 Å². The Morgan fingerprint density at radius 1 is 1.37 bits per heavy atom. The van der Waals surface area contributed by atoms with Crippen LogP contribution in [0.15, 0.2) is 29.2 Å². The van der Waals surface area contributed by atoms with Crippen molar-refractivity contribution in [3.8, 4) is 0 Å². The van der Waals surface area contributed by atoms with Crippen LogP contribution in [0.4, 0.5) is 4.39 Å². The number of hydrogen-bond acceptors (Lipinski definition) is 4. The first-order valence-electron chi connectivity index (χ1n) is 5.50. The SMILES string of the molecule is Cc1nc(CN(C)S(=O)(=O)c2ccccc2F)n[nH]1. The topological polar surface area (TPSA) is 79.0 Å². The number of halogens is 1. The minimum Gasteiger partial charge on any atom is -0.263 e. The predicted octanol–water partition coefficient (Wildman–Crippen LogP) is 1.07. The Balaban J connectivity index is 2.27. The Labute approximate surface area is 110 Å². The highest BCUT2D eigenvalue weighted by molar-refractivity contribution is 7.89. The zero-order valence-corrected chi connectivity index (χ0v) is 11.3. The predicted molar refractivity (Wildman–Crippen MR) is 66.2 cm³/mol. The molecule has 0 amide bonds. The van der Waals surface area contributed by atoms with Crippen LogP contribution in [0, 0.1) is 12.7 Å². The minimum atomic E-state index is -3.89. The number of rotatable bonds is 4. The minimum absolute atomic E-state index is 0.0268. The zero-order chi connectivity index (χ0) is 14.0. The highest BCUT2D eigenvalue weighted by Crippen LogP contribution is 2.18. The molecule has 0 bridgehead atoms. The first-order valence-corrected chi connectivity index (χ1v) is 6.94. The van der Waals surface area contributed by atoms with Crippen LogP contribution < -0.4 is 0 Å². The van der Waals surface area contributed by atoms with Crippen LogP contribution in [0.5, 0.6) is 0 Å². The largest absolute Gasteiger partial charge is 0.263 e. The molecule has 1 aromatic heterocycles. The molecule has 1 aromatic carbocycles. The average Bonchev–Trinajstić information content (AvgIpc) is 2.75. The number of H-pyrrole nitrogens is 1. The van der Waals surface area contributed by atoms with Gasteiger partial charge < -0.3 is 0 Å². The average molecular weight is 284 g/mol. The summed E-state index contributed by atoms with van der Waals surface area (Å²) in [6.07, 6.45) is 0. The van der Waals surface area contributed by atoms with Crippen molar-refractivity contribution in [2.45, 2.75) is 18.4 Å². The number of aryl methyl sites for hydroxylation is 1. The third-order valence-corrected chi connectivity index (χ3v) is 4.37. The monoisotopic (exact) mass is 284 g/mol. The highest BCUT2D eigenvalue weighted by atomic mass is 32.2. The van der Waals surface area contributed by atoms with Gasteiger partial charge in [0.15, 0.2) is 5.82 Å². The Kier molecular flexibility index (Phi) is 3.63. The third-order valence-electron chi connectivity index (χ3n) is 2.53. The summed E-state index contributed by atoms with van der Waals surface area (Å²) in [6, 6.07) is 5.25. The molecule has 6 nitrogen and oxygen atoms in total. The molecule has 0 atom stereocenters. The molecule has 0 aliphatic rings. The van der Waals surface area contributed by atoms with Crippen LogP contribution in [0.25, 0.3) is 0 Å². The molecule has 102 valence electrons. The van der Waals surface area contributed by atoms with E-state index in [1.54, 1.807) is 6.92 Å². The zero-order valence-electron chi connectivity index (χ0n) is 10.5. The highest BCUT2D eigenvalue weighted by Gasteiger charge is 2.25. The summed E-state index contributed by atoms with van der Waals surface area (Å²) >= 11 is 0. The van der Waals surface area contributed by atoms with E-state index >= 15 is 0 Å². The molecular weight excluding hydrogens is 271 g/mol. The van der Waals surface area contributed by atoms with Gasteiger partial charge in [-0.05, 0) is 19.1 Å². The van der Waals surface area contributed by atoms with Crippen molar-refractivity contribution < 1.29 is 12.8 Å². The van der Waals surface area contributed by atoms with Gasteiger partial charge in [-0.2, -0.15) is 9.40 Å². The fourth-order valence-corrected chi connectivity index (χ4v) is 2.75. The number of aromatic nitrogens is 3. The summed E-state index contributed by atoms with van der Waals surface area (Å²) in [4.78, 5) is 3.66. The van der Waals surface area contributed by atoms with Crippen molar-refractivity contribution in [1.82, 2.24) is 19.5 Å². The van der Waals surface area contributed by atoms with E-state index in [4.69, 9.17) is 0 Å². The number of hydrogen-bond donors (Lipinski definition) is 1. The van der Waals surface area contributed by atoms with Gasteiger partial charge in [0.05, 0.1) is 6.54 Å². The smallest absolute Gasteiger partial charge is 0.246 e. The van der Waals surface area contributed by atoms with Crippen LogP contribution in [0.1, 0.15) is 11.6 Å². The van der Waals surface area contributed by atoms with E-state index in [9.17, 15) is 12.8 Å². The van der Waals surface area contributed by atoms with Crippen molar-refractivity contribution in [3.05, 3.63) is 41.7 Å². The van der Waals surface area contributed by atoms with E-state index in [-0.39, 0.29) is 11.4 Å². The number of sulfonamides is 1. The van der Waals surface area contributed by atoms with Crippen molar-refractivity contribution in [3.63, 3.8) is 0 Å². The van der Waals surface area contributed by atoms with E-state index in [1.165, 1.54) is 25.2 Å². The first kappa shape index (κ1) is 13.6. The molecule has 1 heterocycles. The molecule has 0 fully saturated rings. The maximum absolute atomic E-state index is 13.5. The molecule has 0 unspecified atom stereocenters. The first-order chi connectivity index (χ1) is 8.91. The number of nitrogens with one attached hydrogen (secondary N) is 1. The summed E-state index contributed by atoms with van der Waals surface area (Å²) < 4.78 is 38.9. The quantitative estimate of drug-likeness (QED) is 0.911. The number of nitrogens with zero attached hydrogens (tertiary/aromatic N) is 3. The Bertz CT molecular complexity index is 684. The molecule has 1 N–H and O–H groups in total. The van der Waals surface area contributed by atoms with Gasteiger partial charge in [-0.3, -0.25) is 5.10 Å². The van der Waals surface area contributed by atoms with E-state index in [0.717, 1.165) is 10.4 Å². The maximum Gasteiger partial charge on any atom is 0.246 e. The fourth-order valence-electron chi connectivity index (χ4n) is 1.57. The van der Waals surface area contributed by atoms with Gasteiger partial charge in [0.2, 0.25) is 10.0 Å². The van der Waals surface area contributed by atoms with Gasteiger partial charge in [0.25, 0.3) is 0 Å².